The summed E-state index contributed by atoms with van der Waals surface area (Å²) in [6.07, 6.45) is 12.0. The molecule has 2 bridgehead atoms. The predicted octanol–water partition coefficient (Wildman–Crippen LogP) is 3.13. The molecule has 0 unspecified atom stereocenters. The molecule has 5 rings (SSSR count). The van der Waals surface area contributed by atoms with Crippen molar-refractivity contribution in [1.29, 1.82) is 0 Å². The minimum absolute atomic E-state index is 0.719. The smallest absolute Gasteiger partial charge is 0.0218 e. The zero-order valence-electron chi connectivity index (χ0n) is 12.6. The molecule has 5 fully saturated rings. The van der Waals surface area contributed by atoms with Gasteiger partial charge in [-0.05, 0) is 56.8 Å². The van der Waals surface area contributed by atoms with Crippen molar-refractivity contribution in [3.05, 3.63) is 0 Å². The van der Waals surface area contributed by atoms with Crippen LogP contribution in [-0.4, -0.2) is 47.6 Å². The van der Waals surface area contributed by atoms with E-state index in [-0.39, 0.29) is 0 Å². The first-order valence-electron chi connectivity index (χ1n) is 8.78. The van der Waals surface area contributed by atoms with Gasteiger partial charge in [0.25, 0.3) is 0 Å². The molecule has 1 saturated heterocycles. The zero-order chi connectivity index (χ0) is 12.9. The number of nitrogens with zero attached hydrogens (tertiary/aromatic N) is 2. The molecule has 0 radical (unpaired) electrons. The second-order valence-electron chi connectivity index (χ2n) is 7.81. The molecule has 108 valence electrons. The van der Waals surface area contributed by atoms with Crippen LogP contribution in [0.25, 0.3) is 0 Å². The Hall–Kier alpha value is -0.0800. The monoisotopic (exact) mass is 262 g/mol. The van der Waals surface area contributed by atoms with Gasteiger partial charge in [0.15, 0.2) is 0 Å². The van der Waals surface area contributed by atoms with Gasteiger partial charge >= 0.3 is 0 Å². The van der Waals surface area contributed by atoms with E-state index in [0.717, 1.165) is 23.4 Å². The molecule has 0 atom stereocenters. The lowest BCUT2D eigenvalue weighted by Gasteiger charge is -2.68. The number of hydrogen-bond acceptors (Lipinski definition) is 2. The summed E-state index contributed by atoms with van der Waals surface area (Å²) in [5, 5.41) is 0. The van der Waals surface area contributed by atoms with Gasteiger partial charge in [0.1, 0.15) is 0 Å². The molecule has 4 saturated carbocycles. The van der Waals surface area contributed by atoms with Crippen molar-refractivity contribution >= 4 is 0 Å². The molecule has 19 heavy (non-hydrogen) atoms. The highest BCUT2D eigenvalue weighted by Crippen LogP contribution is 2.60. The van der Waals surface area contributed by atoms with E-state index in [2.05, 4.69) is 16.7 Å². The predicted molar refractivity (Wildman–Crippen MR) is 79.3 cm³/mol. The summed E-state index contributed by atoms with van der Waals surface area (Å²) in [4.78, 5) is 5.68. The normalized spacial score (nSPS) is 47.5. The zero-order valence-corrected chi connectivity index (χ0v) is 12.6. The van der Waals surface area contributed by atoms with Crippen molar-refractivity contribution in [3.63, 3.8) is 0 Å². The van der Waals surface area contributed by atoms with Gasteiger partial charge in [-0.2, -0.15) is 0 Å². The van der Waals surface area contributed by atoms with E-state index in [0.29, 0.717) is 0 Å². The summed E-state index contributed by atoms with van der Waals surface area (Å²) in [6.45, 7) is 7.80. The second-order valence-corrected chi connectivity index (χ2v) is 7.81. The molecule has 0 amide bonds. The van der Waals surface area contributed by atoms with Gasteiger partial charge in [-0.3, -0.25) is 9.80 Å². The third-order valence-corrected chi connectivity index (χ3v) is 6.90. The Morgan fingerprint density at radius 1 is 0.895 bits per heavy atom. The molecule has 0 aromatic rings. The molecular weight excluding hydrogens is 232 g/mol. The molecule has 2 heteroatoms. The molecule has 1 aliphatic heterocycles. The standard InChI is InChI=1S/C17H30N2/c1-2-14-3-5-16(6-4-14)18-7-9-19(10-8-18)17-11-15(12-17)13-17/h14-16H,2-13H2,1H3. The van der Waals surface area contributed by atoms with Crippen molar-refractivity contribution < 1.29 is 0 Å². The Morgan fingerprint density at radius 3 is 2.00 bits per heavy atom. The van der Waals surface area contributed by atoms with E-state index >= 15 is 0 Å². The van der Waals surface area contributed by atoms with Crippen LogP contribution >= 0.6 is 0 Å². The van der Waals surface area contributed by atoms with Gasteiger partial charge in [-0.25, -0.2) is 0 Å². The van der Waals surface area contributed by atoms with Gasteiger partial charge in [0.2, 0.25) is 0 Å². The first-order valence-corrected chi connectivity index (χ1v) is 8.78. The van der Waals surface area contributed by atoms with Gasteiger partial charge < -0.3 is 0 Å². The van der Waals surface area contributed by atoms with Crippen LogP contribution in [-0.2, 0) is 0 Å². The topological polar surface area (TPSA) is 6.48 Å². The summed E-state index contributed by atoms with van der Waals surface area (Å²) in [5.41, 5.74) is 0.719. The number of hydrogen-bond donors (Lipinski definition) is 0. The largest absolute Gasteiger partial charge is 0.298 e. The van der Waals surface area contributed by atoms with Crippen LogP contribution in [0.1, 0.15) is 58.3 Å². The van der Waals surface area contributed by atoms with Crippen LogP contribution < -0.4 is 0 Å². The van der Waals surface area contributed by atoms with E-state index in [1.807, 2.05) is 0 Å². The third-order valence-electron chi connectivity index (χ3n) is 6.90. The quantitative estimate of drug-likeness (QED) is 0.771. The molecule has 0 aromatic carbocycles. The highest BCUT2D eigenvalue weighted by Gasteiger charge is 2.59. The van der Waals surface area contributed by atoms with Crippen molar-refractivity contribution in [3.8, 4) is 0 Å². The summed E-state index contributed by atoms with van der Waals surface area (Å²) < 4.78 is 0. The third kappa shape index (κ3) is 2.06. The lowest BCUT2D eigenvalue weighted by Crippen LogP contribution is -2.71. The van der Waals surface area contributed by atoms with Crippen LogP contribution in [0.2, 0.25) is 0 Å². The second kappa shape index (κ2) is 4.73. The van der Waals surface area contributed by atoms with Crippen molar-refractivity contribution in [2.24, 2.45) is 11.8 Å². The van der Waals surface area contributed by atoms with Crippen LogP contribution in [0.5, 0.6) is 0 Å². The Labute approximate surface area is 118 Å². The van der Waals surface area contributed by atoms with E-state index in [1.54, 1.807) is 0 Å². The fraction of sp³-hybridized carbons (Fsp3) is 1.00. The molecule has 0 spiro atoms. The van der Waals surface area contributed by atoms with E-state index in [1.165, 1.54) is 77.5 Å². The van der Waals surface area contributed by atoms with Gasteiger partial charge in [-0.1, -0.05) is 13.3 Å². The van der Waals surface area contributed by atoms with Crippen molar-refractivity contribution in [1.82, 2.24) is 9.80 Å². The first kappa shape index (κ1) is 12.6. The van der Waals surface area contributed by atoms with E-state index in [4.69, 9.17) is 0 Å². The van der Waals surface area contributed by atoms with Gasteiger partial charge in [0.05, 0.1) is 0 Å². The van der Waals surface area contributed by atoms with Crippen LogP contribution in [0.15, 0.2) is 0 Å². The fourth-order valence-corrected chi connectivity index (χ4v) is 5.30. The molecule has 5 aliphatic rings. The fourth-order valence-electron chi connectivity index (χ4n) is 5.30. The number of rotatable bonds is 3. The lowest BCUT2D eigenvalue weighted by molar-refractivity contribution is -0.157. The average molecular weight is 262 g/mol. The van der Waals surface area contributed by atoms with Crippen LogP contribution in [0.3, 0.4) is 0 Å². The molecule has 2 nitrogen and oxygen atoms in total. The number of piperazine rings is 1. The first-order chi connectivity index (χ1) is 9.29. The summed E-state index contributed by atoms with van der Waals surface area (Å²) in [5.74, 6) is 2.17. The minimum atomic E-state index is 0.719. The maximum atomic E-state index is 2.85. The SMILES string of the molecule is CCC1CCC(N2CCN(C34CC(C3)C4)CC2)CC1. The maximum absolute atomic E-state index is 2.85. The molecular formula is C17H30N2. The Bertz CT molecular complexity index is 307. The van der Waals surface area contributed by atoms with E-state index in [9.17, 15) is 0 Å². The lowest BCUT2D eigenvalue weighted by atomic mass is 9.49. The minimum Gasteiger partial charge on any atom is -0.298 e. The molecule has 0 aromatic heterocycles. The van der Waals surface area contributed by atoms with Gasteiger partial charge in [0, 0.05) is 37.8 Å². The average Bonchev–Trinajstić information content (AvgIpc) is 2.36. The summed E-state index contributed by atoms with van der Waals surface area (Å²) in [6, 6.07) is 0.929. The van der Waals surface area contributed by atoms with Crippen molar-refractivity contribution in [2.75, 3.05) is 26.2 Å². The molecule has 4 aliphatic carbocycles. The Morgan fingerprint density at radius 2 is 1.53 bits per heavy atom. The highest BCUT2D eigenvalue weighted by atomic mass is 15.3. The maximum Gasteiger partial charge on any atom is 0.0218 e. The summed E-state index contributed by atoms with van der Waals surface area (Å²) in [7, 11) is 0. The van der Waals surface area contributed by atoms with Crippen LogP contribution in [0, 0.1) is 11.8 Å². The van der Waals surface area contributed by atoms with E-state index < -0.39 is 0 Å². The summed E-state index contributed by atoms with van der Waals surface area (Å²) >= 11 is 0. The van der Waals surface area contributed by atoms with Gasteiger partial charge in [-0.15, -0.1) is 0 Å². The molecule has 1 heterocycles. The molecule has 0 N–H and O–H groups in total. The van der Waals surface area contributed by atoms with Crippen molar-refractivity contribution in [2.45, 2.75) is 69.9 Å². The Balaban J connectivity index is 1.26. The Kier molecular flexibility index (Phi) is 3.15. The van der Waals surface area contributed by atoms with Crippen LogP contribution in [0.4, 0.5) is 0 Å². The highest BCUT2D eigenvalue weighted by molar-refractivity contribution is 5.15.